The Balaban J connectivity index is 2.57. The van der Waals surface area contributed by atoms with E-state index in [0.29, 0.717) is 6.54 Å². The molecule has 1 heterocycles. The molecule has 0 aromatic carbocycles. The summed E-state index contributed by atoms with van der Waals surface area (Å²) in [6, 6.07) is 0. The fourth-order valence-electron chi connectivity index (χ4n) is 1.70. The molecule has 0 bridgehead atoms. The summed E-state index contributed by atoms with van der Waals surface area (Å²) in [5, 5.41) is 3.41. The molecule has 3 nitrogen and oxygen atoms in total. The van der Waals surface area contributed by atoms with Crippen molar-refractivity contribution in [3.8, 4) is 0 Å². The Bertz CT molecular complexity index is 129. The van der Waals surface area contributed by atoms with E-state index in [9.17, 15) is 0 Å². The highest BCUT2D eigenvalue weighted by molar-refractivity contribution is 4.98. The topological polar surface area (TPSA) is 47.3 Å². The fourth-order valence-corrected chi connectivity index (χ4v) is 1.70. The first kappa shape index (κ1) is 8.97. The zero-order chi connectivity index (χ0) is 8.32. The zero-order valence-electron chi connectivity index (χ0n) is 7.39. The molecule has 1 rings (SSSR count). The second kappa shape index (κ2) is 3.52. The monoisotopic (exact) mass is 158 g/mol. The van der Waals surface area contributed by atoms with Crippen molar-refractivity contribution in [2.75, 3.05) is 19.7 Å². The lowest BCUT2D eigenvalue weighted by molar-refractivity contribution is 0.0861. The van der Waals surface area contributed by atoms with Crippen molar-refractivity contribution < 1.29 is 4.74 Å². The van der Waals surface area contributed by atoms with E-state index in [4.69, 9.17) is 10.5 Å². The summed E-state index contributed by atoms with van der Waals surface area (Å²) in [5.74, 6) is 0. The third-order valence-corrected chi connectivity index (χ3v) is 2.59. The van der Waals surface area contributed by atoms with Crippen molar-refractivity contribution in [3.05, 3.63) is 0 Å². The van der Waals surface area contributed by atoms with Gasteiger partial charge in [-0.1, -0.05) is 6.92 Å². The number of nitrogens with two attached hydrogens (primary N) is 1. The van der Waals surface area contributed by atoms with Crippen LogP contribution in [0.25, 0.3) is 0 Å². The second-order valence-electron chi connectivity index (χ2n) is 3.15. The summed E-state index contributed by atoms with van der Waals surface area (Å²) in [4.78, 5) is 0. The van der Waals surface area contributed by atoms with Crippen LogP contribution >= 0.6 is 0 Å². The molecule has 0 aromatic heterocycles. The van der Waals surface area contributed by atoms with Crippen LogP contribution in [0, 0.1) is 0 Å². The van der Waals surface area contributed by atoms with Crippen LogP contribution in [0.1, 0.15) is 20.3 Å². The molecule has 66 valence electrons. The van der Waals surface area contributed by atoms with Gasteiger partial charge in [0.05, 0.1) is 11.6 Å². The van der Waals surface area contributed by atoms with Crippen molar-refractivity contribution in [2.24, 2.45) is 5.73 Å². The maximum Gasteiger partial charge on any atom is 0.0741 e. The van der Waals surface area contributed by atoms with Crippen LogP contribution < -0.4 is 11.1 Å². The number of ether oxygens (including phenoxy) is 1. The number of likely N-dealkylation sites (N-methyl/N-ethyl adjacent to an activating group) is 1. The van der Waals surface area contributed by atoms with Crippen molar-refractivity contribution >= 4 is 0 Å². The van der Waals surface area contributed by atoms with E-state index >= 15 is 0 Å². The molecule has 1 aliphatic rings. The molecule has 3 N–H and O–H groups in total. The average molecular weight is 158 g/mol. The van der Waals surface area contributed by atoms with Gasteiger partial charge in [-0.15, -0.1) is 0 Å². The van der Waals surface area contributed by atoms with E-state index in [1.165, 1.54) is 0 Å². The summed E-state index contributed by atoms with van der Waals surface area (Å²) in [7, 11) is 0. The summed E-state index contributed by atoms with van der Waals surface area (Å²) in [6.07, 6.45) is 1.30. The predicted molar refractivity (Wildman–Crippen MR) is 45.5 cm³/mol. The van der Waals surface area contributed by atoms with Crippen molar-refractivity contribution in [3.63, 3.8) is 0 Å². The average Bonchev–Trinajstić information content (AvgIpc) is 2.35. The molecular weight excluding hydrogens is 140 g/mol. The van der Waals surface area contributed by atoms with E-state index in [2.05, 4.69) is 19.2 Å². The minimum atomic E-state index is 0.0503. The summed E-state index contributed by atoms with van der Waals surface area (Å²) < 4.78 is 5.47. The highest BCUT2D eigenvalue weighted by atomic mass is 16.5. The van der Waals surface area contributed by atoms with Gasteiger partial charge in [0.2, 0.25) is 0 Å². The number of hydrogen-bond donors (Lipinski definition) is 2. The molecule has 0 aromatic rings. The van der Waals surface area contributed by atoms with Crippen molar-refractivity contribution in [2.45, 2.75) is 31.9 Å². The number of rotatable bonds is 3. The van der Waals surface area contributed by atoms with Gasteiger partial charge >= 0.3 is 0 Å². The van der Waals surface area contributed by atoms with Crippen LogP contribution in [-0.4, -0.2) is 31.3 Å². The van der Waals surface area contributed by atoms with E-state index in [1.54, 1.807) is 0 Å². The van der Waals surface area contributed by atoms with Gasteiger partial charge in [-0.05, 0) is 19.9 Å². The molecule has 0 radical (unpaired) electrons. The first-order valence-corrected chi connectivity index (χ1v) is 4.32. The molecule has 1 aliphatic heterocycles. The third kappa shape index (κ3) is 1.55. The highest BCUT2D eigenvalue weighted by Crippen LogP contribution is 2.24. The standard InChI is InChI=1S/C8H18N2O/c1-3-10-8(6-9)4-5-11-7(8)2/h7,10H,3-6,9H2,1-2H3. The Labute approximate surface area is 68.3 Å². The van der Waals surface area contributed by atoms with Crippen LogP contribution in [0.15, 0.2) is 0 Å². The zero-order valence-corrected chi connectivity index (χ0v) is 7.39. The van der Waals surface area contributed by atoms with Crippen LogP contribution in [0.2, 0.25) is 0 Å². The first-order valence-electron chi connectivity index (χ1n) is 4.32. The normalized spacial score (nSPS) is 37.9. The molecule has 1 fully saturated rings. The maximum atomic E-state index is 5.70. The van der Waals surface area contributed by atoms with Gasteiger partial charge in [0, 0.05) is 13.2 Å². The van der Waals surface area contributed by atoms with E-state index in [1.807, 2.05) is 0 Å². The van der Waals surface area contributed by atoms with E-state index in [-0.39, 0.29) is 11.6 Å². The predicted octanol–water partition coefficient (Wildman–Crippen LogP) is 0.102. The molecular formula is C8H18N2O. The van der Waals surface area contributed by atoms with Crippen LogP contribution in [0.3, 0.4) is 0 Å². The molecule has 2 unspecified atom stereocenters. The third-order valence-electron chi connectivity index (χ3n) is 2.59. The van der Waals surface area contributed by atoms with Gasteiger partial charge in [-0.2, -0.15) is 0 Å². The molecule has 11 heavy (non-hydrogen) atoms. The SMILES string of the molecule is CCNC1(CN)CCOC1C. The van der Waals surface area contributed by atoms with E-state index < -0.39 is 0 Å². The lowest BCUT2D eigenvalue weighted by atomic mass is 9.92. The molecule has 0 spiro atoms. The number of hydrogen-bond acceptors (Lipinski definition) is 3. The van der Waals surface area contributed by atoms with Crippen LogP contribution in [-0.2, 0) is 4.74 Å². The minimum absolute atomic E-state index is 0.0503. The highest BCUT2D eigenvalue weighted by Gasteiger charge is 2.39. The summed E-state index contributed by atoms with van der Waals surface area (Å²) >= 11 is 0. The molecule has 3 heteroatoms. The Kier molecular flexibility index (Phi) is 2.87. The van der Waals surface area contributed by atoms with Crippen molar-refractivity contribution in [1.29, 1.82) is 0 Å². The first-order chi connectivity index (χ1) is 5.25. The van der Waals surface area contributed by atoms with Crippen molar-refractivity contribution in [1.82, 2.24) is 5.32 Å². The Morgan fingerprint density at radius 2 is 2.45 bits per heavy atom. The van der Waals surface area contributed by atoms with Gasteiger partial charge in [0.15, 0.2) is 0 Å². The molecule has 2 atom stereocenters. The quantitative estimate of drug-likeness (QED) is 0.612. The lowest BCUT2D eigenvalue weighted by Gasteiger charge is -2.31. The van der Waals surface area contributed by atoms with Crippen LogP contribution in [0.4, 0.5) is 0 Å². The molecule has 1 saturated heterocycles. The maximum absolute atomic E-state index is 5.70. The van der Waals surface area contributed by atoms with Gasteiger partial charge in [0.25, 0.3) is 0 Å². The molecule has 0 saturated carbocycles. The molecule has 0 amide bonds. The van der Waals surface area contributed by atoms with Gasteiger partial charge in [-0.3, -0.25) is 0 Å². The Morgan fingerprint density at radius 3 is 2.82 bits per heavy atom. The summed E-state index contributed by atoms with van der Waals surface area (Å²) in [6.45, 7) is 6.66. The summed E-state index contributed by atoms with van der Waals surface area (Å²) in [5.41, 5.74) is 5.75. The largest absolute Gasteiger partial charge is 0.376 e. The Morgan fingerprint density at radius 1 is 1.73 bits per heavy atom. The smallest absolute Gasteiger partial charge is 0.0741 e. The number of nitrogens with one attached hydrogen (secondary N) is 1. The second-order valence-corrected chi connectivity index (χ2v) is 3.15. The van der Waals surface area contributed by atoms with Crippen LogP contribution in [0.5, 0.6) is 0 Å². The van der Waals surface area contributed by atoms with E-state index in [0.717, 1.165) is 19.6 Å². The Hall–Kier alpha value is -0.120. The lowest BCUT2D eigenvalue weighted by Crippen LogP contribution is -2.55. The van der Waals surface area contributed by atoms with Gasteiger partial charge < -0.3 is 15.8 Å². The fraction of sp³-hybridized carbons (Fsp3) is 1.00. The minimum Gasteiger partial charge on any atom is -0.376 e. The molecule has 0 aliphatic carbocycles. The van der Waals surface area contributed by atoms with Gasteiger partial charge in [-0.25, -0.2) is 0 Å². The van der Waals surface area contributed by atoms with Gasteiger partial charge in [0.1, 0.15) is 0 Å².